The van der Waals surface area contributed by atoms with Gasteiger partial charge in [0.2, 0.25) is 0 Å². The monoisotopic (exact) mass is 689 g/mol. The molecule has 0 spiro atoms. The van der Waals surface area contributed by atoms with Crippen molar-refractivity contribution in [1.29, 1.82) is 0 Å². The third-order valence-corrected chi connectivity index (χ3v) is 9.35. The highest BCUT2D eigenvalue weighted by Crippen LogP contribution is 2.47. The quantitative estimate of drug-likeness (QED) is 0.216. The number of aromatic amines is 1. The fourth-order valence-electron chi connectivity index (χ4n) is 6.34. The van der Waals surface area contributed by atoms with Crippen LogP contribution in [0.2, 0.25) is 0 Å². The molecule has 0 radical (unpaired) electrons. The summed E-state index contributed by atoms with van der Waals surface area (Å²) in [6.07, 6.45) is -0.815. The van der Waals surface area contributed by atoms with Crippen molar-refractivity contribution in [2.75, 3.05) is 64.9 Å². The molecule has 6 rings (SSSR count). The first-order valence-corrected chi connectivity index (χ1v) is 17.1. The third-order valence-electron chi connectivity index (χ3n) is 9.05. The Morgan fingerprint density at radius 1 is 1.02 bits per heavy atom. The van der Waals surface area contributed by atoms with Crippen LogP contribution < -0.4 is 14.4 Å². The molecule has 0 aliphatic carbocycles. The fraction of sp³-hybridized carbons (Fsp3) is 0.432. The molecule has 0 saturated carbocycles. The zero-order valence-corrected chi connectivity index (χ0v) is 29.7. The fourth-order valence-corrected chi connectivity index (χ4v) is 6.55. The van der Waals surface area contributed by atoms with Gasteiger partial charge in [0, 0.05) is 73.4 Å². The van der Waals surface area contributed by atoms with Gasteiger partial charge in [0.15, 0.2) is 0 Å². The van der Waals surface area contributed by atoms with Crippen molar-refractivity contribution in [2.45, 2.75) is 44.6 Å². The average Bonchev–Trinajstić information content (AvgIpc) is 3.66. The first kappa shape index (κ1) is 34.4. The molecule has 3 aromatic carbocycles. The van der Waals surface area contributed by atoms with Crippen molar-refractivity contribution < 1.29 is 28.6 Å². The number of ether oxygens (including phenoxy) is 3. The average molecular weight is 690 g/mol. The minimum absolute atomic E-state index is 0.129. The first-order chi connectivity index (χ1) is 23.3. The van der Waals surface area contributed by atoms with E-state index in [2.05, 4.69) is 9.88 Å². The molecule has 260 valence electrons. The number of carbonyl (C=O) groups is 3. The smallest absolute Gasteiger partial charge is 0.415 e. The minimum atomic E-state index is -0.575. The van der Waals surface area contributed by atoms with Crippen molar-refractivity contribution in [3.63, 3.8) is 0 Å². The van der Waals surface area contributed by atoms with Crippen LogP contribution in [0.25, 0.3) is 21.7 Å². The summed E-state index contributed by atoms with van der Waals surface area (Å²) < 4.78 is 17.4. The summed E-state index contributed by atoms with van der Waals surface area (Å²) in [5.41, 5.74) is 2.26. The molecular formula is C37H44ClN5O6. The molecule has 4 aromatic rings. The van der Waals surface area contributed by atoms with E-state index in [1.54, 1.807) is 16.8 Å². The van der Waals surface area contributed by atoms with Gasteiger partial charge in [-0.05, 0) is 70.0 Å². The number of hydrogen-bond acceptors (Lipinski definition) is 7. The van der Waals surface area contributed by atoms with Gasteiger partial charge in [0.25, 0.3) is 5.91 Å². The van der Waals surface area contributed by atoms with Gasteiger partial charge < -0.3 is 38.8 Å². The van der Waals surface area contributed by atoms with Crippen LogP contribution in [0.5, 0.6) is 11.5 Å². The maximum Gasteiger partial charge on any atom is 0.415 e. The molecule has 3 heterocycles. The van der Waals surface area contributed by atoms with Gasteiger partial charge in [-0.15, -0.1) is 11.6 Å². The van der Waals surface area contributed by atoms with Gasteiger partial charge in [0.1, 0.15) is 29.4 Å². The van der Waals surface area contributed by atoms with Crippen molar-refractivity contribution >= 4 is 57.1 Å². The standard InChI is InChI=1S/C37H44ClN5O6/c1-23(38)28-22-43(31-21-32(26-9-7-8-10-27(26)33(28)31)48-36(46)42-15-13-40(5)14-16-42)34(44)30-20-24-19-25(11-12-29(24)39-30)47-18-17-41(6)35(45)49-37(2,3)4/h7-12,19-21,23,28,39H,13-18,22H2,1-6H3/t23-,28+/m1/s1. The molecule has 49 heavy (non-hydrogen) atoms. The van der Waals surface area contributed by atoms with Crippen LogP contribution >= 0.6 is 11.6 Å². The van der Waals surface area contributed by atoms with E-state index in [0.29, 0.717) is 49.1 Å². The topological polar surface area (TPSA) is 108 Å². The number of benzene rings is 3. The second-order valence-corrected chi connectivity index (χ2v) is 14.6. The summed E-state index contributed by atoms with van der Waals surface area (Å²) in [5.74, 6) is 0.681. The Balaban J connectivity index is 1.24. The number of H-pyrrole nitrogens is 1. The second kappa shape index (κ2) is 13.8. The Morgan fingerprint density at radius 3 is 2.43 bits per heavy atom. The maximum atomic E-state index is 14.2. The number of likely N-dealkylation sites (N-methyl/N-ethyl adjacent to an activating group) is 2. The van der Waals surface area contributed by atoms with Gasteiger partial charge in [-0.3, -0.25) is 4.79 Å². The zero-order chi connectivity index (χ0) is 35.0. The van der Waals surface area contributed by atoms with Crippen molar-refractivity contribution in [1.82, 2.24) is 19.7 Å². The predicted octanol–water partition coefficient (Wildman–Crippen LogP) is 6.68. The number of halogens is 1. The minimum Gasteiger partial charge on any atom is -0.492 e. The Hall–Kier alpha value is -4.48. The van der Waals surface area contributed by atoms with Crippen molar-refractivity contribution in [3.8, 4) is 11.5 Å². The van der Waals surface area contributed by atoms with Crippen LogP contribution in [0.4, 0.5) is 15.3 Å². The SMILES string of the molecule is C[C@@H](Cl)[C@@H]1CN(C(=O)c2cc3cc(OCCN(C)C(=O)OC(C)(C)C)ccc3[nH]2)c2cc(OC(=O)N3CCN(C)CC3)c3ccccc3c21. The summed E-state index contributed by atoms with van der Waals surface area (Å²) in [6.45, 7) is 11.2. The number of nitrogens with zero attached hydrogens (tertiary/aromatic N) is 4. The maximum absolute atomic E-state index is 14.2. The molecule has 1 aromatic heterocycles. The van der Waals surface area contributed by atoms with Gasteiger partial charge in [-0.25, -0.2) is 9.59 Å². The number of piperazine rings is 1. The number of alkyl halides is 1. The van der Waals surface area contributed by atoms with E-state index in [-0.39, 0.29) is 23.8 Å². The highest BCUT2D eigenvalue weighted by atomic mass is 35.5. The Labute approximate surface area is 291 Å². The van der Waals surface area contributed by atoms with Crippen LogP contribution in [0.1, 0.15) is 49.7 Å². The van der Waals surface area contributed by atoms with Gasteiger partial charge >= 0.3 is 12.2 Å². The van der Waals surface area contributed by atoms with E-state index in [9.17, 15) is 14.4 Å². The lowest BCUT2D eigenvalue weighted by Crippen LogP contribution is -2.48. The first-order valence-electron chi connectivity index (χ1n) is 16.7. The predicted molar refractivity (Wildman–Crippen MR) is 191 cm³/mol. The molecule has 1 saturated heterocycles. The van der Waals surface area contributed by atoms with Crippen molar-refractivity contribution in [2.24, 2.45) is 0 Å². The summed E-state index contributed by atoms with van der Waals surface area (Å²) in [6, 6.07) is 17.0. The molecule has 0 unspecified atom stereocenters. The van der Waals surface area contributed by atoms with Crippen LogP contribution in [-0.2, 0) is 4.74 Å². The molecule has 2 atom stereocenters. The molecule has 1 N–H and O–H groups in total. The number of aromatic nitrogens is 1. The number of anilines is 1. The normalized spacial score (nSPS) is 17.2. The number of hydrogen-bond donors (Lipinski definition) is 1. The highest BCUT2D eigenvalue weighted by Gasteiger charge is 2.38. The molecule has 2 aliphatic heterocycles. The number of fused-ring (bicyclic) bond motifs is 4. The molecule has 1 fully saturated rings. The van der Waals surface area contributed by atoms with Crippen LogP contribution in [0.3, 0.4) is 0 Å². The number of carbonyl (C=O) groups excluding carboxylic acids is 3. The Morgan fingerprint density at radius 2 is 1.73 bits per heavy atom. The number of nitrogens with one attached hydrogen (secondary N) is 1. The van der Waals surface area contributed by atoms with E-state index in [1.165, 1.54) is 4.90 Å². The van der Waals surface area contributed by atoms with Gasteiger partial charge in [-0.1, -0.05) is 24.3 Å². The summed E-state index contributed by atoms with van der Waals surface area (Å²) in [4.78, 5) is 50.2. The molecule has 12 heteroatoms. The summed E-state index contributed by atoms with van der Waals surface area (Å²) >= 11 is 6.77. The lowest BCUT2D eigenvalue weighted by Gasteiger charge is -2.31. The highest BCUT2D eigenvalue weighted by molar-refractivity contribution is 6.22. The van der Waals surface area contributed by atoms with Gasteiger partial charge in [-0.2, -0.15) is 0 Å². The van der Waals surface area contributed by atoms with E-state index >= 15 is 0 Å². The lowest BCUT2D eigenvalue weighted by molar-refractivity contribution is 0.0278. The molecule has 3 amide bonds. The molecule has 2 aliphatic rings. The van der Waals surface area contributed by atoms with E-state index < -0.39 is 17.8 Å². The summed E-state index contributed by atoms with van der Waals surface area (Å²) in [7, 11) is 3.70. The Bertz CT molecular complexity index is 1880. The summed E-state index contributed by atoms with van der Waals surface area (Å²) in [5, 5.41) is 2.26. The van der Waals surface area contributed by atoms with Crippen molar-refractivity contribution in [3.05, 3.63) is 65.9 Å². The third kappa shape index (κ3) is 7.43. The van der Waals surface area contributed by atoms with Gasteiger partial charge in [0.05, 0.1) is 12.2 Å². The van der Waals surface area contributed by atoms with E-state index in [4.69, 9.17) is 25.8 Å². The lowest BCUT2D eigenvalue weighted by atomic mass is 9.92. The number of rotatable bonds is 7. The largest absolute Gasteiger partial charge is 0.492 e. The Kier molecular flexibility index (Phi) is 9.68. The molecule has 0 bridgehead atoms. The van der Waals surface area contributed by atoms with E-state index in [1.807, 2.05) is 89.3 Å². The zero-order valence-electron chi connectivity index (χ0n) is 28.9. The molecular weight excluding hydrogens is 646 g/mol. The van der Waals surface area contributed by atoms with Crippen LogP contribution in [-0.4, -0.2) is 109 Å². The number of amides is 3. The molecule has 11 nitrogen and oxygen atoms in total. The second-order valence-electron chi connectivity index (χ2n) is 13.9. The van der Waals surface area contributed by atoms with E-state index in [0.717, 1.165) is 40.3 Å². The van der Waals surface area contributed by atoms with Crippen LogP contribution in [0.15, 0.2) is 54.6 Å². The van der Waals surface area contributed by atoms with Crippen LogP contribution in [0, 0.1) is 0 Å².